The van der Waals surface area contributed by atoms with Crippen LogP contribution in [-0.2, 0) is 27.2 Å². The molecule has 1 saturated heterocycles. The van der Waals surface area contributed by atoms with Gasteiger partial charge in [-0.2, -0.15) is 5.10 Å². The number of esters is 1. The molecule has 0 radical (unpaired) electrons. The van der Waals surface area contributed by atoms with Gasteiger partial charge in [0.25, 0.3) is 5.91 Å². The molecule has 8 heteroatoms. The van der Waals surface area contributed by atoms with Crippen LogP contribution in [0.3, 0.4) is 0 Å². The van der Waals surface area contributed by atoms with Crippen LogP contribution >= 0.6 is 0 Å². The highest BCUT2D eigenvalue weighted by Gasteiger charge is 2.20. The molecule has 0 spiro atoms. The van der Waals surface area contributed by atoms with Crippen LogP contribution in [0.5, 0.6) is 0 Å². The number of nitrogens with one attached hydrogen (secondary N) is 1. The van der Waals surface area contributed by atoms with E-state index in [1.807, 2.05) is 48.7 Å². The zero-order chi connectivity index (χ0) is 24.5. The van der Waals surface area contributed by atoms with Crippen molar-refractivity contribution in [3.63, 3.8) is 0 Å². The minimum absolute atomic E-state index is 0.138. The van der Waals surface area contributed by atoms with E-state index >= 15 is 0 Å². The van der Waals surface area contributed by atoms with Crippen molar-refractivity contribution in [3.8, 4) is 0 Å². The molecule has 0 aliphatic carbocycles. The molecule has 1 N–H and O–H groups in total. The van der Waals surface area contributed by atoms with Crippen molar-refractivity contribution in [2.24, 2.45) is 5.10 Å². The summed E-state index contributed by atoms with van der Waals surface area (Å²) in [7, 11) is 1.58. The fourth-order valence-electron chi connectivity index (χ4n) is 4.36. The molecule has 0 atom stereocenters. The third-order valence-electron chi connectivity index (χ3n) is 6.33. The number of piperidine rings is 1. The van der Waals surface area contributed by atoms with Crippen molar-refractivity contribution in [1.82, 2.24) is 9.91 Å². The monoisotopic (exact) mass is 478 g/mol. The van der Waals surface area contributed by atoms with Gasteiger partial charge >= 0.3 is 5.97 Å². The fourth-order valence-corrected chi connectivity index (χ4v) is 4.36. The minimum atomic E-state index is -0.238. The number of carbonyl (C=O) groups is 2. The Balaban J connectivity index is 1.28. The van der Waals surface area contributed by atoms with Gasteiger partial charge < -0.3 is 14.8 Å². The summed E-state index contributed by atoms with van der Waals surface area (Å²) in [6, 6.07) is 13.5. The number of rotatable bonds is 9. The lowest BCUT2D eigenvalue weighted by Crippen LogP contribution is -2.35. The first-order chi connectivity index (χ1) is 17.1. The quantitative estimate of drug-likeness (QED) is 0.338. The van der Waals surface area contributed by atoms with E-state index in [1.165, 1.54) is 24.8 Å². The Morgan fingerprint density at radius 2 is 1.80 bits per heavy atom. The van der Waals surface area contributed by atoms with E-state index in [-0.39, 0.29) is 25.0 Å². The van der Waals surface area contributed by atoms with Crippen LogP contribution in [0.2, 0.25) is 0 Å². The molecule has 0 unspecified atom stereocenters. The SMILES string of the molecule is COCCOC(=O)CN1CCc2cc(NC(=O)c3ccc(C=NN4CCCCC4)cc3)ccc2C1. The molecule has 0 saturated carbocycles. The summed E-state index contributed by atoms with van der Waals surface area (Å²) in [5.41, 5.74) is 4.72. The predicted octanol–water partition coefficient (Wildman–Crippen LogP) is 3.31. The number of hydrazone groups is 1. The lowest BCUT2D eigenvalue weighted by molar-refractivity contribution is -0.146. The molecule has 2 heterocycles. The maximum Gasteiger partial charge on any atom is 0.320 e. The maximum absolute atomic E-state index is 12.8. The number of methoxy groups -OCH3 is 1. The number of hydrogen-bond acceptors (Lipinski definition) is 7. The molecule has 2 aromatic rings. The Bertz CT molecular complexity index is 1030. The highest BCUT2D eigenvalue weighted by molar-refractivity contribution is 6.04. The molecule has 2 aliphatic heterocycles. The van der Waals surface area contributed by atoms with E-state index in [4.69, 9.17) is 9.47 Å². The Labute approximate surface area is 206 Å². The van der Waals surface area contributed by atoms with Crippen LogP contribution in [0.1, 0.15) is 46.3 Å². The smallest absolute Gasteiger partial charge is 0.320 e. The Hall–Kier alpha value is -3.23. The summed E-state index contributed by atoms with van der Waals surface area (Å²) in [6.07, 6.45) is 6.35. The number of benzene rings is 2. The van der Waals surface area contributed by atoms with Crippen LogP contribution in [0.25, 0.3) is 0 Å². The maximum atomic E-state index is 12.8. The minimum Gasteiger partial charge on any atom is -0.462 e. The highest BCUT2D eigenvalue weighted by atomic mass is 16.6. The number of nitrogens with zero attached hydrogens (tertiary/aromatic N) is 3. The molecule has 1 amide bonds. The zero-order valence-electron chi connectivity index (χ0n) is 20.4. The van der Waals surface area contributed by atoms with E-state index in [9.17, 15) is 9.59 Å². The van der Waals surface area contributed by atoms with Gasteiger partial charge in [-0.3, -0.25) is 19.5 Å². The van der Waals surface area contributed by atoms with Crippen molar-refractivity contribution in [2.45, 2.75) is 32.2 Å². The van der Waals surface area contributed by atoms with Crippen LogP contribution < -0.4 is 5.32 Å². The molecule has 1 fully saturated rings. The third-order valence-corrected chi connectivity index (χ3v) is 6.33. The predicted molar refractivity (Wildman–Crippen MR) is 136 cm³/mol. The van der Waals surface area contributed by atoms with E-state index in [2.05, 4.69) is 20.3 Å². The highest BCUT2D eigenvalue weighted by Crippen LogP contribution is 2.23. The first-order valence-corrected chi connectivity index (χ1v) is 12.3. The van der Waals surface area contributed by atoms with Gasteiger partial charge in [0, 0.05) is 44.5 Å². The van der Waals surface area contributed by atoms with Gasteiger partial charge in [-0.1, -0.05) is 18.2 Å². The third kappa shape index (κ3) is 7.37. The lowest BCUT2D eigenvalue weighted by atomic mass is 9.99. The molecule has 2 aromatic carbocycles. The van der Waals surface area contributed by atoms with Gasteiger partial charge in [0.15, 0.2) is 0 Å². The normalized spacial score (nSPS) is 16.2. The van der Waals surface area contributed by atoms with Gasteiger partial charge in [-0.15, -0.1) is 0 Å². The van der Waals surface area contributed by atoms with Crippen LogP contribution in [0.15, 0.2) is 47.6 Å². The van der Waals surface area contributed by atoms with Crippen LogP contribution in [0.4, 0.5) is 5.69 Å². The molecule has 8 nitrogen and oxygen atoms in total. The number of carbonyl (C=O) groups excluding carboxylic acids is 2. The molecule has 2 aliphatic rings. The fraction of sp³-hybridized carbons (Fsp3) is 0.444. The number of amides is 1. The number of hydrogen-bond donors (Lipinski definition) is 1. The van der Waals surface area contributed by atoms with E-state index in [0.29, 0.717) is 18.7 Å². The summed E-state index contributed by atoms with van der Waals surface area (Å²) in [4.78, 5) is 26.8. The van der Waals surface area contributed by atoms with Crippen LogP contribution in [-0.4, -0.2) is 74.5 Å². The molecule has 4 rings (SSSR count). The van der Waals surface area contributed by atoms with E-state index in [0.717, 1.165) is 42.9 Å². The van der Waals surface area contributed by atoms with Gasteiger partial charge in [0.05, 0.1) is 19.4 Å². The number of ether oxygens (including phenoxy) is 2. The average Bonchev–Trinajstić information content (AvgIpc) is 2.88. The van der Waals surface area contributed by atoms with Gasteiger partial charge in [0.1, 0.15) is 6.61 Å². The standard InChI is InChI=1S/C27H34N4O4/c1-34-15-16-35-26(32)20-30-14-11-23-17-25(10-9-24(23)19-30)29-27(33)22-7-5-21(6-8-22)18-28-31-12-3-2-4-13-31/h5-10,17-18H,2-4,11-16,19-20H2,1H3,(H,29,33). The largest absolute Gasteiger partial charge is 0.462 e. The molecule has 0 aromatic heterocycles. The van der Waals surface area contributed by atoms with Crippen LogP contribution in [0, 0.1) is 0 Å². The summed E-state index contributed by atoms with van der Waals surface area (Å²) in [5, 5.41) is 9.66. The topological polar surface area (TPSA) is 83.5 Å². The molecule has 186 valence electrons. The second-order valence-electron chi connectivity index (χ2n) is 8.99. The van der Waals surface area contributed by atoms with E-state index in [1.54, 1.807) is 7.11 Å². The lowest BCUT2D eigenvalue weighted by Gasteiger charge is -2.28. The van der Waals surface area contributed by atoms with Gasteiger partial charge in [0.2, 0.25) is 0 Å². The van der Waals surface area contributed by atoms with Gasteiger partial charge in [-0.05, 0) is 66.6 Å². The summed E-state index contributed by atoms with van der Waals surface area (Å²) >= 11 is 0. The summed E-state index contributed by atoms with van der Waals surface area (Å²) in [5.74, 6) is -0.376. The zero-order valence-corrected chi connectivity index (χ0v) is 20.4. The van der Waals surface area contributed by atoms with Crippen molar-refractivity contribution in [3.05, 3.63) is 64.7 Å². The molecular formula is C27H34N4O4. The summed E-state index contributed by atoms with van der Waals surface area (Å²) < 4.78 is 10.1. The molecular weight excluding hydrogens is 444 g/mol. The second-order valence-corrected chi connectivity index (χ2v) is 8.99. The Kier molecular flexibility index (Phi) is 8.86. The molecule has 0 bridgehead atoms. The molecule has 35 heavy (non-hydrogen) atoms. The average molecular weight is 479 g/mol. The first-order valence-electron chi connectivity index (χ1n) is 12.3. The van der Waals surface area contributed by atoms with E-state index < -0.39 is 0 Å². The van der Waals surface area contributed by atoms with Crippen molar-refractivity contribution >= 4 is 23.8 Å². The second kappa shape index (κ2) is 12.5. The number of fused-ring (bicyclic) bond motifs is 1. The number of anilines is 1. The summed E-state index contributed by atoms with van der Waals surface area (Å²) in [6.45, 7) is 4.42. The van der Waals surface area contributed by atoms with Crippen molar-refractivity contribution in [1.29, 1.82) is 0 Å². The Morgan fingerprint density at radius 3 is 2.57 bits per heavy atom. The van der Waals surface area contributed by atoms with Gasteiger partial charge in [-0.25, -0.2) is 0 Å². The Morgan fingerprint density at radius 1 is 1.00 bits per heavy atom. The van der Waals surface area contributed by atoms with Crippen molar-refractivity contribution < 1.29 is 19.1 Å². The first kappa shape index (κ1) is 24.9. The van der Waals surface area contributed by atoms with Crippen molar-refractivity contribution in [2.75, 3.05) is 51.8 Å².